The standard InChI is InChI=1S/C12H21N3O5S/c1-13-21(18,19)10-6-11(15(2)7-10)12(17)14-9(4-5-16)8-20-3/h6-7,9,13,16H,4-5,8H2,1-3H3,(H,14,17). The number of aliphatic hydroxyl groups excluding tert-OH is 1. The van der Waals surface area contributed by atoms with Gasteiger partial charge in [0.1, 0.15) is 10.6 Å². The van der Waals surface area contributed by atoms with E-state index in [1.54, 1.807) is 7.05 Å². The zero-order chi connectivity index (χ0) is 16.0. The second-order valence-electron chi connectivity index (χ2n) is 4.52. The molecule has 1 amide bonds. The van der Waals surface area contributed by atoms with Crippen LogP contribution in [0.15, 0.2) is 17.2 Å². The number of methoxy groups -OCH3 is 1. The smallest absolute Gasteiger partial charge is 0.268 e. The number of hydrogen-bond donors (Lipinski definition) is 3. The molecule has 0 spiro atoms. The summed E-state index contributed by atoms with van der Waals surface area (Å²) in [6.45, 7) is 0.180. The third kappa shape index (κ3) is 4.53. The average Bonchev–Trinajstić information content (AvgIpc) is 2.82. The van der Waals surface area contributed by atoms with Crippen molar-refractivity contribution in [3.8, 4) is 0 Å². The van der Waals surface area contributed by atoms with E-state index in [4.69, 9.17) is 9.84 Å². The SMILES string of the molecule is CNS(=O)(=O)c1cc(C(=O)NC(CCO)COC)n(C)c1. The molecular formula is C12H21N3O5S. The summed E-state index contributed by atoms with van der Waals surface area (Å²) in [5, 5.41) is 11.6. The monoisotopic (exact) mass is 319 g/mol. The highest BCUT2D eigenvalue weighted by atomic mass is 32.2. The van der Waals surface area contributed by atoms with Gasteiger partial charge in [0.05, 0.1) is 12.6 Å². The van der Waals surface area contributed by atoms with Crippen LogP contribution in [-0.4, -0.2) is 57.4 Å². The minimum atomic E-state index is -3.60. The van der Waals surface area contributed by atoms with Crippen molar-refractivity contribution in [1.82, 2.24) is 14.6 Å². The summed E-state index contributed by atoms with van der Waals surface area (Å²) in [5.74, 6) is -0.425. The Morgan fingerprint density at radius 2 is 2.19 bits per heavy atom. The van der Waals surface area contributed by atoms with Gasteiger partial charge in [0.25, 0.3) is 5.91 Å². The summed E-state index contributed by atoms with van der Waals surface area (Å²) in [4.78, 5) is 12.2. The molecule has 0 aromatic carbocycles. The van der Waals surface area contributed by atoms with Crippen molar-refractivity contribution < 1.29 is 23.1 Å². The van der Waals surface area contributed by atoms with Crippen LogP contribution in [0, 0.1) is 0 Å². The van der Waals surface area contributed by atoms with E-state index >= 15 is 0 Å². The van der Waals surface area contributed by atoms with Crippen LogP contribution < -0.4 is 10.0 Å². The van der Waals surface area contributed by atoms with E-state index in [9.17, 15) is 13.2 Å². The van der Waals surface area contributed by atoms with Crippen molar-refractivity contribution in [2.45, 2.75) is 17.4 Å². The predicted molar refractivity (Wildman–Crippen MR) is 76.5 cm³/mol. The van der Waals surface area contributed by atoms with Crippen LogP contribution in [0.25, 0.3) is 0 Å². The number of nitrogens with zero attached hydrogens (tertiary/aromatic N) is 1. The maximum atomic E-state index is 12.2. The molecule has 0 aliphatic carbocycles. The lowest BCUT2D eigenvalue weighted by Crippen LogP contribution is -2.39. The lowest BCUT2D eigenvalue weighted by molar-refractivity contribution is 0.0870. The van der Waals surface area contributed by atoms with E-state index < -0.39 is 15.9 Å². The van der Waals surface area contributed by atoms with Crippen molar-refractivity contribution in [2.75, 3.05) is 27.4 Å². The summed E-state index contributed by atoms with van der Waals surface area (Å²) >= 11 is 0. The Morgan fingerprint density at radius 3 is 2.71 bits per heavy atom. The molecule has 9 heteroatoms. The van der Waals surface area contributed by atoms with Crippen molar-refractivity contribution in [3.05, 3.63) is 18.0 Å². The normalized spacial score (nSPS) is 13.1. The summed E-state index contributed by atoms with van der Waals surface area (Å²) < 4.78 is 32.0. The van der Waals surface area contributed by atoms with Gasteiger partial charge in [0, 0.05) is 27.0 Å². The number of hydrogen-bond acceptors (Lipinski definition) is 5. The highest BCUT2D eigenvalue weighted by Gasteiger charge is 2.21. The van der Waals surface area contributed by atoms with Crippen LogP contribution in [-0.2, 0) is 21.8 Å². The second kappa shape index (κ2) is 7.55. The molecule has 1 atom stereocenters. The molecule has 1 aromatic rings. The van der Waals surface area contributed by atoms with Gasteiger partial charge in [-0.05, 0) is 19.5 Å². The molecule has 0 bridgehead atoms. The Bertz CT molecular complexity index is 576. The van der Waals surface area contributed by atoms with Gasteiger partial charge in [-0.25, -0.2) is 13.1 Å². The molecule has 0 radical (unpaired) electrons. The maximum Gasteiger partial charge on any atom is 0.268 e. The Kier molecular flexibility index (Phi) is 6.34. The molecule has 1 aromatic heterocycles. The summed E-state index contributed by atoms with van der Waals surface area (Å²) in [6, 6.07) is 0.955. The number of nitrogens with one attached hydrogen (secondary N) is 2. The van der Waals surface area contributed by atoms with Gasteiger partial charge < -0.3 is 19.7 Å². The van der Waals surface area contributed by atoms with Gasteiger partial charge in [0.2, 0.25) is 10.0 Å². The summed E-state index contributed by atoms with van der Waals surface area (Å²) in [7, 11) is 0.787. The molecule has 0 aliphatic rings. The van der Waals surface area contributed by atoms with Gasteiger partial charge in [-0.3, -0.25) is 4.79 Å². The summed E-state index contributed by atoms with van der Waals surface area (Å²) in [5.41, 5.74) is 0.211. The van der Waals surface area contributed by atoms with Gasteiger partial charge >= 0.3 is 0 Å². The van der Waals surface area contributed by atoms with E-state index in [-0.39, 0.29) is 29.8 Å². The van der Waals surface area contributed by atoms with Gasteiger partial charge in [-0.15, -0.1) is 0 Å². The number of sulfonamides is 1. The Labute approximate surface area is 124 Å². The molecule has 0 aliphatic heterocycles. The number of aliphatic hydroxyl groups is 1. The average molecular weight is 319 g/mol. The molecule has 3 N–H and O–H groups in total. The number of carbonyl (C=O) groups is 1. The first-order chi connectivity index (χ1) is 9.85. The quantitative estimate of drug-likeness (QED) is 0.573. The largest absolute Gasteiger partial charge is 0.396 e. The van der Waals surface area contributed by atoms with Crippen LogP contribution in [0.3, 0.4) is 0 Å². The number of aryl methyl sites for hydroxylation is 1. The zero-order valence-corrected chi connectivity index (χ0v) is 13.1. The van der Waals surface area contributed by atoms with Crippen LogP contribution in [0.5, 0.6) is 0 Å². The molecule has 1 heterocycles. The van der Waals surface area contributed by atoms with Gasteiger partial charge in [-0.1, -0.05) is 0 Å². The fourth-order valence-corrected chi connectivity index (χ4v) is 2.64. The number of rotatable bonds is 8. The first-order valence-electron chi connectivity index (χ1n) is 6.36. The number of carbonyl (C=O) groups excluding carboxylic acids is 1. The third-order valence-corrected chi connectivity index (χ3v) is 4.35. The topological polar surface area (TPSA) is 110 Å². The van der Waals surface area contributed by atoms with E-state index in [0.717, 1.165) is 0 Å². The fraction of sp³-hybridized carbons (Fsp3) is 0.583. The minimum absolute atomic E-state index is 0.0168. The third-order valence-electron chi connectivity index (χ3n) is 2.97. The van der Waals surface area contributed by atoms with E-state index in [2.05, 4.69) is 10.0 Å². The van der Waals surface area contributed by atoms with Crippen molar-refractivity contribution in [3.63, 3.8) is 0 Å². The zero-order valence-electron chi connectivity index (χ0n) is 12.3. The Morgan fingerprint density at radius 1 is 1.52 bits per heavy atom. The molecule has 1 rings (SSSR count). The Balaban J connectivity index is 2.92. The molecule has 21 heavy (non-hydrogen) atoms. The predicted octanol–water partition coefficient (Wildman–Crippen LogP) is -0.940. The Hall–Kier alpha value is -1.42. The molecule has 1 unspecified atom stereocenters. The van der Waals surface area contributed by atoms with Crippen LogP contribution in [0.1, 0.15) is 16.9 Å². The van der Waals surface area contributed by atoms with Crippen LogP contribution >= 0.6 is 0 Å². The molecule has 8 nitrogen and oxygen atoms in total. The highest BCUT2D eigenvalue weighted by molar-refractivity contribution is 7.89. The second-order valence-corrected chi connectivity index (χ2v) is 6.40. The molecular weight excluding hydrogens is 298 g/mol. The van der Waals surface area contributed by atoms with E-state index in [0.29, 0.717) is 6.42 Å². The van der Waals surface area contributed by atoms with Crippen molar-refractivity contribution in [1.29, 1.82) is 0 Å². The number of aromatic nitrogens is 1. The summed E-state index contributed by atoms with van der Waals surface area (Å²) in [6.07, 6.45) is 1.71. The maximum absolute atomic E-state index is 12.2. The lowest BCUT2D eigenvalue weighted by Gasteiger charge is -2.16. The van der Waals surface area contributed by atoms with Crippen LogP contribution in [0.2, 0.25) is 0 Å². The first-order valence-corrected chi connectivity index (χ1v) is 7.84. The van der Waals surface area contributed by atoms with E-state index in [1.165, 1.54) is 31.0 Å². The van der Waals surface area contributed by atoms with Crippen molar-refractivity contribution in [2.24, 2.45) is 7.05 Å². The van der Waals surface area contributed by atoms with Gasteiger partial charge in [-0.2, -0.15) is 0 Å². The molecule has 0 fully saturated rings. The fourth-order valence-electron chi connectivity index (χ4n) is 1.84. The van der Waals surface area contributed by atoms with E-state index in [1.807, 2.05) is 0 Å². The number of amides is 1. The first kappa shape index (κ1) is 17.6. The van der Waals surface area contributed by atoms with Crippen LogP contribution in [0.4, 0.5) is 0 Å². The van der Waals surface area contributed by atoms with Gasteiger partial charge in [0.15, 0.2) is 0 Å². The molecule has 0 saturated heterocycles. The number of ether oxygens (including phenoxy) is 1. The minimum Gasteiger partial charge on any atom is -0.396 e. The highest BCUT2D eigenvalue weighted by Crippen LogP contribution is 2.13. The molecule has 0 saturated carbocycles. The lowest BCUT2D eigenvalue weighted by atomic mass is 10.2. The molecule has 120 valence electrons. The van der Waals surface area contributed by atoms with Crippen molar-refractivity contribution >= 4 is 15.9 Å².